The molecule has 1 heterocycles. The maximum atomic E-state index is 10.2. The van der Waals surface area contributed by atoms with Crippen LogP contribution in [0.15, 0.2) is 23.6 Å². The maximum absolute atomic E-state index is 10.2. The molecule has 0 saturated heterocycles. The highest BCUT2D eigenvalue weighted by atomic mass is 32.1. The van der Waals surface area contributed by atoms with Crippen LogP contribution in [-0.2, 0) is 0 Å². The first-order valence-corrected chi connectivity index (χ1v) is 6.38. The summed E-state index contributed by atoms with van der Waals surface area (Å²) in [6.45, 7) is 0.615. The van der Waals surface area contributed by atoms with Gasteiger partial charge in [0.15, 0.2) is 0 Å². The van der Waals surface area contributed by atoms with E-state index >= 15 is 0 Å². The molecule has 0 amide bonds. The van der Waals surface area contributed by atoms with Gasteiger partial charge < -0.3 is 14.7 Å². The highest BCUT2D eigenvalue weighted by Crippen LogP contribution is 2.36. The van der Waals surface area contributed by atoms with Crippen LogP contribution in [0.1, 0.15) is 11.7 Å². The normalized spacial score (nSPS) is 13.2. The van der Waals surface area contributed by atoms with Crippen LogP contribution in [0.3, 0.4) is 0 Å². The number of benzene rings is 1. The summed E-state index contributed by atoms with van der Waals surface area (Å²) in [5.41, 5.74) is 0.955. The molecule has 0 spiro atoms. The fourth-order valence-corrected chi connectivity index (χ4v) is 2.96. The zero-order chi connectivity index (χ0) is 12.4. The number of methoxy groups -OCH3 is 1. The maximum Gasteiger partial charge on any atom is 0.127 e. The summed E-state index contributed by atoms with van der Waals surface area (Å²) in [5.74, 6) is 0.830. The van der Waals surface area contributed by atoms with Gasteiger partial charge in [-0.3, -0.25) is 0 Å². The SMILES string of the molecule is COc1cccc2scc(C(O)CN(C)C)c12. The van der Waals surface area contributed by atoms with Gasteiger partial charge in [-0.15, -0.1) is 11.3 Å². The van der Waals surface area contributed by atoms with Gasteiger partial charge in [-0.1, -0.05) is 6.07 Å². The first-order chi connectivity index (χ1) is 8.13. The molecule has 0 radical (unpaired) electrons. The molecule has 1 unspecified atom stereocenters. The van der Waals surface area contributed by atoms with E-state index in [1.165, 1.54) is 0 Å². The van der Waals surface area contributed by atoms with Gasteiger partial charge in [0.05, 0.1) is 13.2 Å². The Hall–Kier alpha value is -1.10. The molecule has 0 fully saturated rings. The quantitative estimate of drug-likeness (QED) is 0.906. The summed E-state index contributed by atoms with van der Waals surface area (Å²) >= 11 is 1.64. The van der Waals surface area contributed by atoms with Crippen LogP contribution >= 0.6 is 11.3 Å². The second-order valence-electron chi connectivity index (χ2n) is 4.30. The molecule has 92 valence electrons. The zero-order valence-corrected chi connectivity index (χ0v) is 11.1. The third kappa shape index (κ3) is 2.44. The molecule has 17 heavy (non-hydrogen) atoms. The highest BCUT2D eigenvalue weighted by molar-refractivity contribution is 7.17. The van der Waals surface area contributed by atoms with Crippen LogP contribution in [0.2, 0.25) is 0 Å². The second kappa shape index (κ2) is 5.04. The zero-order valence-electron chi connectivity index (χ0n) is 10.3. The van der Waals surface area contributed by atoms with E-state index < -0.39 is 6.10 Å². The molecule has 1 N–H and O–H groups in total. The van der Waals surface area contributed by atoms with Crippen LogP contribution in [0, 0.1) is 0 Å². The van der Waals surface area contributed by atoms with E-state index in [-0.39, 0.29) is 0 Å². The average molecular weight is 251 g/mol. The van der Waals surface area contributed by atoms with E-state index in [9.17, 15) is 5.11 Å². The third-order valence-electron chi connectivity index (χ3n) is 2.71. The van der Waals surface area contributed by atoms with E-state index in [1.54, 1.807) is 18.4 Å². The lowest BCUT2D eigenvalue weighted by molar-refractivity contribution is 0.140. The Morgan fingerprint density at radius 3 is 2.82 bits per heavy atom. The van der Waals surface area contributed by atoms with Gasteiger partial charge >= 0.3 is 0 Å². The van der Waals surface area contributed by atoms with Gasteiger partial charge in [0.1, 0.15) is 5.75 Å². The molecular formula is C13H17NO2S. The first kappa shape index (κ1) is 12.4. The molecule has 0 aliphatic heterocycles. The summed E-state index contributed by atoms with van der Waals surface area (Å²) in [6, 6.07) is 5.95. The molecule has 3 nitrogen and oxygen atoms in total. The topological polar surface area (TPSA) is 32.7 Å². The number of nitrogens with zero attached hydrogens (tertiary/aromatic N) is 1. The standard InChI is InChI=1S/C13H17NO2S/c1-14(2)7-10(15)9-8-17-12-6-4-5-11(16-3)13(9)12/h4-6,8,10,15H,7H2,1-3H3. The number of ether oxygens (including phenoxy) is 1. The Labute approximate surface area is 105 Å². The minimum Gasteiger partial charge on any atom is -0.496 e. The van der Waals surface area contributed by atoms with E-state index in [0.29, 0.717) is 6.54 Å². The molecule has 2 aromatic rings. The molecule has 1 aromatic carbocycles. The lowest BCUT2D eigenvalue weighted by Crippen LogP contribution is -2.19. The van der Waals surface area contributed by atoms with Crippen molar-refractivity contribution in [2.45, 2.75) is 6.10 Å². The smallest absolute Gasteiger partial charge is 0.127 e. The predicted molar refractivity (Wildman–Crippen MR) is 71.9 cm³/mol. The summed E-state index contributed by atoms with van der Waals surface area (Å²) < 4.78 is 6.51. The van der Waals surface area contributed by atoms with Gasteiger partial charge in [-0.05, 0) is 31.6 Å². The number of aliphatic hydroxyl groups excluding tert-OH is 1. The number of rotatable bonds is 4. The Morgan fingerprint density at radius 2 is 2.18 bits per heavy atom. The molecule has 1 atom stereocenters. The van der Waals surface area contributed by atoms with E-state index in [1.807, 2.05) is 36.5 Å². The monoisotopic (exact) mass is 251 g/mol. The molecule has 0 saturated carbocycles. The van der Waals surface area contributed by atoms with Crippen molar-refractivity contribution >= 4 is 21.4 Å². The minimum atomic E-state index is -0.477. The number of hydrogen-bond acceptors (Lipinski definition) is 4. The van der Waals surface area contributed by atoms with E-state index in [0.717, 1.165) is 21.4 Å². The molecule has 1 aromatic heterocycles. The number of hydrogen-bond donors (Lipinski definition) is 1. The van der Waals surface area contributed by atoms with Gasteiger partial charge in [-0.25, -0.2) is 0 Å². The molecule has 2 rings (SSSR count). The van der Waals surface area contributed by atoms with Crippen molar-refractivity contribution in [1.82, 2.24) is 4.90 Å². The Kier molecular flexibility index (Phi) is 3.66. The fourth-order valence-electron chi connectivity index (χ4n) is 1.94. The van der Waals surface area contributed by atoms with Crippen LogP contribution in [-0.4, -0.2) is 37.8 Å². The molecular weight excluding hydrogens is 234 g/mol. The van der Waals surface area contributed by atoms with E-state index in [4.69, 9.17) is 4.74 Å². The summed E-state index contributed by atoms with van der Waals surface area (Å²) in [5, 5.41) is 13.3. The molecule has 0 aliphatic carbocycles. The van der Waals surface area contributed by atoms with Crippen molar-refractivity contribution in [2.24, 2.45) is 0 Å². The molecule has 0 aliphatic rings. The van der Waals surface area contributed by atoms with Crippen LogP contribution < -0.4 is 4.74 Å². The van der Waals surface area contributed by atoms with Crippen molar-refractivity contribution < 1.29 is 9.84 Å². The van der Waals surface area contributed by atoms with Gasteiger partial charge in [0.25, 0.3) is 0 Å². The Balaban J connectivity index is 2.47. The largest absolute Gasteiger partial charge is 0.496 e. The molecule has 4 heteroatoms. The van der Waals surface area contributed by atoms with Gasteiger partial charge in [0, 0.05) is 22.2 Å². The molecule has 0 bridgehead atoms. The third-order valence-corrected chi connectivity index (χ3v) is 3.67. The Bertz CT molecular complexity index is 507. The Morgan fingerprint density at radius 1 is 1.41 bits per heavy atom. The van der Waals surface area contributed by atoms with Gasteiger partial charge in [0.2, 0.25) is 0 Å². The number of aliphatic hydroxyl groups is 1. The van der Waals surface area contributed by atoms with Crippen molar-refractivity contribution in [2.75, 3.05) is 27.7 Å². The van der Waals surface area contributed by atoms with Crippen molar-refractivity contribution in [3.05, 3.63) is 29.1 Å². The van der Waals surface area contributed by atoms with E-state index in [2.05, 4.69) is 6.07 Å². The first-order valence-electron chi connectivity index (χ1n) is 5.50. The van der Waals surface area contributed by atoms with Crippen molar-refractivity contribution in [3.8, 4) is 5.75 Å². The lowest BCUT2D eigenvalue weighted by atomic mass is 10.1. The highest BCUT2D eigenvalue weighted by Gasteiger charge is 2.16. The fraction of sp³-hybridized carbons (Fsp3) is 0.385. The summed E-state index contributed by atoms with van der Waals surface area (Å²) in [7, 11) is 5.57. The summed E-state index contributed by atoms with van der Waals surface area (Å²) in [4.78, 5) is 1.98. The summed E-state index contributed by atoms with van der Waals surface area (Å²) in [6.07, 6.45) is -0.477. The van der Waals surface area contributed by atoms with Crippen molar-refractivity contribution in [1.29, 1.82) is 0 Å². The van der Waals surface area contributed by atoms with Crippen LogP contribution in [0.25, 0.3) is 10.1 Å². The lowest BCUT2D eigenvalue weighted by Gasteiger charge is -2.16. The van der Waals surface area contributed by atoms with Crippen LogP contribution in [0.5, 0.6) is 5.75 Å². The van der Waals surface area contributed by atoms with Crippen LogP contribution in [0.4, 0.5) is 0 Å². The number of likely N-dealkylation sites (N-methyl/N-ethyl adjacent to an activating group) is 1. The van der Waals surface area contributed by atoms with Gasteiger partial charge in [-0.2, -0.15) is 0 Å². The predicted octanol–water partition coefficient (Wildman–Crippen LogP) is 2.50. The minimum absolute atomic E-state index is 0.477. The number of fused-ring (bicyclic) bond motifs is 1. The average Bonchev–Trinajstić information content (AvgIpc) is 2.71. The van der Waals surface area contributed by atoms with Crippen molar-refractivity contribution in [3.63, 3.8) is 0 Å². The second-order valence-corrected chi connectivity index (χ2v) is 5.21. The number of thiophene rings is 1.